The van der Waals surface area contributed by atoms with Crippen molar-refractivity contribution in [2.45, 2.75) is 101 Å². The molecule has 0 saturated heterocycles. The topological polar surface area (TPSA) is 0 Å². The minimum atomic E-state index is 0. The summed E-state index contributed by atoms with van der Waals surface area (Å²) in [4.78, 5) is 0. The average Bonchev–Trinajstić information content (AvgIpc) is 2.35. The summed E-state index contributed by atoms with van der Waals surface area (Å²) < 4.78 is 0. The highest BCUT2D eigenvalue weighted by Crippen LogP contribution is 2.10. The van der Waals surface area contributed by atoms with Crippen molar-refractivity contribution in [1.82, 2.24) is 0 Å². The van der Waals surface area contributed by atoms with Crippen LogP contribution in [0.2, 0.25) is 10.6 Å². The number of hydrogen-bond acceptors (Lipinski definition) is 0. The molecule has 0 aromatic rings. The molecule has 0 saturated carbocycles. The minimum absolute atomic E-state index is 0. The fraction of sp³-hybridized carbons (Fsp3) is 1.00. The highest BCUT2D eigenvalue weighted by atomic mass is 35.5. The lowest BCUT2D eigenvalue weighted by atomic mass is 10.1. The molecule has 0 aliphatic carbocycles. The van der Waals surface area contributed by atoms with E-state index in [0.29, 0.717) is 15.2 Å². The van der Waals surface area contributed by atoms with E-state index in [0.717, 1.165) is 0 Å². The molecule has 0 aromatic heterocycles. The summed E-state index contributed by atoms with van der Waals surface area (Å²) in [5.74, 6) is 0. The number of halogens is 1. The number of unbranched alkanes of at least 4 members (excludes halogenated alkanes) is 10. The van der Waals surface area contributed by atoms with Crippen LogP contribution in [0.15, 0.2) is 0 Å². The SMILES string of the molecule is CCCCCCC[CH2][AlH][CH2]CCCCCCC.Cl. The molecule has 0 aliphatic rings. The Hall–Kier alpha value is 0.822. The van der Waals surface area contributed by atoms with Crippen molar-refractivity contribution in [2.24, 2.45) is 0 Å². The van der Waals surface area contributed by atoms with Crippen LogP contribution in [0, 0.1) is 0 Å². The molecule has 0 fully saturated rings. The van der Waals surface area contributed by atoms with Gasteiger partial charge in [-0.2, -0.15) is 0 Å². The van der Waals surface area contributed by atoms with Gasteiger partial charge in [-0.05, 0) is 0 Å². The Morgan fingerprint density at radius 2 is 0.833 bits per heavy atom. The zero-order valence-corrected chi connectivity index (χ0v) is 15.2. The Morgan fingerprint density at radius 1 is 0.500 bits per heavy atom. The largest absolute Gasteiger partial charge is 0.236 e. The van der Waals surface area contributed by atoms with Gasteiger partial charge in [0.15, 0.2) is 0 Å². The predicted octanol–water partition coefficient (Wildman–Crippen LogP) is 6.40. The van der Waals surface area contributed by atoms with Crippen molar-refractivity contribution < 1.29 is 0 Å². The van der Waals surface area contributed by atoms with Crippen molar-refractivity contribution in [3.63, 3.8) is 0 Å². The van der Waals surface area contributed by atoms with E-state index in [1.807, 2.05) is 0 Å². The van der Waals surface area contributed by atoms with Crippen molar-refractivity contribution in [1.29, 1.82) is 0 Å². The van der Waals surface area contributed by atoms with Gasteiger partial charge in [-0.1, -0.05) is 101 Å². The molecule has 0 aliphatic heterocycles. The second-order valence-electron chi connectivity index (χ2n) is 5.60. The second kappa shape index (κ2) is 20.1. The molecule has 0 N–H and O–H groups in total. The molecular weight excluding hydrogens is 255 g/mol. The van der Waals surface area contributed by atoms with E-state index in [1.54, 1.807) is 23.4 Å². The molecular formula is C16H36AlCl. The van der Waals surface area contributed by atoms with Crippen LogP contribution in [0.25, 0.3) is 0 Å². The first kappa shape index (κ1) is 21.1. The van der Waals surface area contributed by atoms with Gasteiger partial charge in [-0.25, -0.2) is 0 Å². The Kier molecular flexibility index (Phi) is 23.6. The van der Waals surface area contributed by atoms with E-state index >= 15 is 0 Å². The molecule has 0 radical (unpaired) electrons. The zero-order valence-electron chi connectivity index (χ0n) is 13.0. The van der Waals surface area contributed by atoms with E-state index in [2.05, 4.69) is 13.8 Å². The normalized spacial score (nSPS) is 10.1. The second-order valence-corrected chi connectivity index (χ2v) is 7.72. The summed E-state index contributed by atoms with van der Waals surface area (Å²) in [5, 5.41) is 3.25. The van der Waals surface area contributed by atoms with Gasteiger partial charge in [0.2, 0.25) is 15.2 Å². The number of hydrogen-bond donors (Lipinski definition) is 0. The van der Waals surface area contributed by atoms with E-state index in [1.165, 1.54) is 64.2 Å². The molecule has 0 aromatic carbocycles. The van der Waals surface area contributed by atoms with Gasteiger partial charge in [-0.3, -0.25) is 0 Å². The molecule has 0 unspecified atom stereocenters. The van der Waals surface area contributed by atoms with E-state index in [4.69, 9.17) is 0 Å². The molecule has 2 heteroatoms. The summed E-state index contributed by atoms with van der Waals surface area (Å²) in [5.41, 5.74) is 0. The Balaban J connectivity index is 0. The van der Waals surface area contributed by atoms with Gasteiger partial charge in [0, 0.05) is 0 Å². The average molecular weight is 291 g/mol. The van der Waals surface area contributed by atoms with Gasteiger partial charge in [0.25, 0.3) is 0 Å². The molecule has 0 rings (SSSR count). The maximum atomic E-state index is 2.30. The zero-order chi connectivity index (χ0) is 12.6. The summed E-state index contributed by atoms with van der Waals surface area (Å²) in [7, 11) is 0. The Labute approximate surface area is 129 Å². The third-order valence-electron chi connectivity index (χ3n) is 3.71. The standard InChI is InChI=1S/2C8H17.Al.ClH.H/c2*1-3-5-7-8-6-4-2;;;/h2*1,3-8H2,2H3;;1H;. The molecule has 0 atom stereocenters. The summed E-state index contributed by atoms with van der Waals surface area (Å²) >= 11 is 0.332. The van der Waals surface area contributed by atoms with Gasteiger partial charge >= 0.3 is 0 Å². The molecule has 0 heterocycles. The van der Waals surface area contributed by atoms with E-state index < -0.39 is 0 Å². The molecule has 0 amide bonds. The third-order valence-corrected chi connectivity index (χ3v) is 5.71. The highest BCUT2D eigenvalue weighted by molar-refractivity contribution is 6.35. The van der Waals surface area contributed by atoms with Crippen molar-refractivity contribution in [3.8, 4) is 0 Å². The summed E-state index contributed by atoms with van der Waals surface area (Å²) in [6.07, 6.45) is 17.8. The molecule has 0 nitrogen and oxygen atoms in total. The third kappa shape index (κ3) is 19.2. The molecule has 110 valence electrons. The maximum absolute atomic E-state index is 2.30. The fourth-order valence-corrected chi connectivity index (χ4v) is 4.21. The quantitative estimate of drug-likeness (QED) is 0.256. The van der Waals surface area contributed by atoms with Gasteiger partial charge in [-0.15, -0.1) is 12.4 Å². The Morgan fingerprint density at radius 3 is 1.22 bits per heavy atom. The van der Waals surface area contributed by atoms with Crippen LogP contribution in [-0.2, 0) is 0 Å². The predicted molar refractivity (Wildman–Crippen MR) is 90.8 cm³/mol. The van der Waals surface area contributed by atoms with Crippen LogP contribution in [-0.4, -0.2) is 15.2 Å². The van der Waals surface area contributed by atoms with E-state index in [9.17, 15) is 0 Å². The van der Waals surface area contributed by atoms with Crippen LogP contribution < -0.4 is 0 Å². The molecule has 0 bridgehead atoms. The van der Waals surface area contributed by atoms with Gasteiger partial charge in [0.05, 0.1) is 0 Å². The molecule has 0 spiro atoms. The first-order chi connectivity index (χ1) is 8.41. The maximum Gasteiger partial charge on any atom is 0.236 e. The van der Waals surface area contributed by atoms with Crippen molar-refractivity contribution in [3.05, 3.63) is 0 Å². The smallest absolute Gasteiger partial charge is 0.147 e. The van der Waals surface area contributed by atoms with Gasteiger partial charge in [0.1, 0.15) is 0 Å². The van der Waals surface area contributed by atoms with Crippen molar-refractivity contribution >= 4 is 27.6 Å². The fourth-order valence-electron chi connectivity index (χ4n) is 2.44. The minimum Gasteiger partial charge on any atom is -0.147 e. The van der Waals surface area contributed by atoms with Crippen LogP contribution in [0.4, 0.5) is 0 Å². The Bertz CT molecular complexity index is 114. The summed E-state index contributed by atoms with van der Waals surface area (Å²) in [6.45, 7) is 4.60. The van der Waals surface area contributed by atoms with Gasteiger partial charge < -0.3 is 0 Å². The monoisotopic (exact) mass is 290 g/mol. The van der Waals surface area contributed by atoms with Crippen LogP contribution >= 0.6 is 12.4 Å². The first-order valence-electron chi connectivity index (χ1n) is 8.41. The summed E-state index contributed by atoms with van der Waals surface area (Å²) in [6, 6.07) is 0. The first-order valence-corrected chi connectivity index (χ1v) is 10.4. The highest BCUT2D eigenvalue weighted by Gasteiger charge is 1.95. The van der Waals surface area contributed by atoms with E-state index in [-0.39, 0.29) is 12.4 Å². The van der Waals surface area contributed by atoms with Crippen LogP contribution in [0.1, 0.15) is 90.9 Å². The van der Waals surface area contributed by atoms with Crippen LogP contribution in [0.5, 0.6) is 0 Å². The number of rotatable bonds is 14. The van der Waals surface area contributed by atoms with Crippen LogP contribution in [0.3, 0.4) is 0 Å². The lowest BCUT2D eigenvalue weighted by Gasteiger charge is -2.01. The lowest BCUT2D eigenvalue weighted by molar-refractivity contribution is 0.618. The molecule has 18 heavy (non-hydrogen) atoms. The van der Waals surface area contributed by atoms with Crippen molar-refractivity contribution in [2.75, 3.05) is 0 Å². The lowest BCUT2D eigenvalue weighted by Crippen LogP contribution is -1.90.